The second-order valence-corrected chi connectivity index (χ2v) is 9.24. The first-order valence-corrected chi connectivity index (χ1v) is 10.8. The number of halogens is 6. The number of likely N-dealkylation sites (tertiary alicyclic amines) is 1. The van der Waals surface area contributed by atoms with E-state index in [1.165, 1.54) is 29.2 Å². The van der Waals surface area contributed by atoms with Gasteiger partial charge in [0.1, 0.15) is 5.82 Å². The van der Waals surface area contributed by atoms with Crippen LogP contribution in [0.5, 0.6) is 0 Å². The third-order valence-corrected chi connectivity index (χ3v) is 6.59. The summed E-state index contributed by atoms with van der Waals surface area (Å²) in [4.78, 5) is 18.4. The molecule has 0 bridgehead atoms. The van der Waals surface area contributed by atoms with Crippen LogP contribution < -0.4 is 0 Å². The molecule has 0 spiro atoms. The summed E-state index contributed by atoms with van der Waals surface area (Å²) in [6.07, 6.45) is -3.91. The summed E-state index contributed by atoms with van der Waals surface area (Å²) < 4.78 is 71.1. The Hall–Kier alpha value is -2.68. The highest BCUT2D eigenvalue weighted by Gasteiger charge is 2.62. The fourth-order valence-corrected chi connectivity index (χ4v) is 4.51. The van der Waals surface area contributed by atoms with Gasteiger partial charge in [-0.1, -0.05) is 41.0 Å². The van der Waals surface area contributed by atoms with E-state index < -0.39 is 35.2 Å². The van der Waals surface area contributed by atoms with Gasteiger partial charge in [0, 0.05) is 22.9 Å². The molecule has 2 aromatic carbocycles. The molecule has 174 valence electrons. The Kier molecular flexibility index (Phi) is 4.97. The van der Waals surface area contributed by atoms with Crippen LogP contribution in [0.15, 0.2) is 47.6 Å². The topological polar surface area (TPSA) is 41.9 Å². The minimum Gasteiger partial charge on any atom is -0.374 e. The zero-order valence-electron chi connectivity index (χ0n) is 17.1. The number of carbonyl (C=O) groups excluding carboxylic acids is 1. The van der Waals surface area contributed by atoms with Crippen LogP contribution in [0, 0.1) is 11.7 Å². The lowest BCUT2D eigenvalue weighted by atomic mass is 9.84. The number of hydrogen-bond acceptors (Lipinski definition) is 3. The van der Waals surface area contributed by atoms with E-state index in [-0.39, 0.29) is 35.6 Å². The summed E-state index contributed by atoms with van der Waals surface area (Å²) >= 11 is 5.76. The third kappa shape index (κ3) is 3.76. The quantitative estimate of drug-likeness (QED) is 0.539. The number of hydrogen-bond donors (Lipinski definition) is 0. The zero-order valence-corrected chi connectivity index (χ0v) is 17.9. The summed E-state index contributed by atoms with van der Waals surface area (Å²) in [5.74, 6) is -0.942. The highest BCUT2D eigenvalue weighted by atomic mass is 35.5. The monoisotopic (exact) mass is 484 g/mol. The summed E-state index contributed by atoms with van der Waals surface area (Å²) in [5, 5.41) is 3.44. The van der Waals surface area contributed by atoms with Crippen molar-refractivity contribution >= 4 is 23.2 Å². The molecule has 1 amide bonds. The van der Waals surface area contributed by atoms with Crippen LogP contribution in [0.3, 0.4) is 0 Å². The minimum absolute atomic E-state index is 0.00804. The molecule has 5 rings (SSSR count). The van der Waals surface area contributed by atoms with Gasteiger partial charge in [0.25, 0.3) is 5.60 Å². The lowest BCUT2D eigenvalue weighted by Crippen LogP contribution is -2.59. The van der Waals surface area contributed by atoms with Crippen LogP contribution in [0.4, 0.5) is 22.0 Å². The van der Waals surface area contributed by atoms with Crippen molar-refractivity contribution in [2.24, 2.45) is 11.1 Å². The van der Waals surface area contributed by atoms with Gasteiger partial charge in [-0.3, -0.25) is 4.79 Å². The molecule has 2 fully saturated rings. The molecule has 0 N–H and O–H groups in total. The van der Waals surface area contributed by atoms with Crippen LogP contribution in [0.2, 0.25) is 5.02 Å². The maximum Gasteiger partial charge on any atom is 0.435 e. The molecule has 1 saturated heterocycles. The van der Waals surface area contributed by atoms with Crippen molar-refractivity contribution in [3.63, 3.8) is 0 Å². The molecular weight excluding hydrogens is 467 g/mol. The fourth-order valence-electron chi connectivity index (χ4n) is 4.29. The minimum atomic E-state index is -4.90. The molecule has 10 heteroatoms. The van der Waals surface area contributed by atoms with E-state index in [1.54, 1.807) is 0 Å². The maximum absolute atomic E-state index is 15.2. The standard InChI is InChI=1S/C23H18ClF5N2O2/c24-17-7-16(8-18(25)9-17)22(23(27,28)29)10-19(30-33-22)13-3-5-15(6-4-13)21(26)11-31(12-21)20(32)14-1-2-14/h3-9,14H,1-2,10-12H2. The van der Waals surface area contributed by atoms with Gasteiger partial charge in [0.15, 0.2) is 5.67 Å². The van der Waals surface area contributed by atoms with Crippen molar-refractivity contribution in [3.05, 3.63) is 70.0 Å². The molecule has 3 aliphatic rings. The summed E-state index contributed by atoms with van der Waals surface area (Å²) in [7, 11) is 0. The Labute approximate surface area is 191 Å². The fraction of sp³-hybridized carbons (Fsp3) is 0.391. The molecule has 0 radical (unpaired) electrons. The Morgan fingerprint density at radius 1 is 1.09 bits per heavy atom. The van der Waals surface area contributed by atoms with E-state index >= 15 is 4.39 Å². The van der Waals surface area contributed by atoms with Crippen molar-refractivity contribution in [1.82, 2.24) is 4.90 Å². The molecule has 1 saturated carbocycles. The van der Waals surface area contributed by atoms with Crippen molar-refractivity contribution in [1.29, 1.82) is 0 Å². The second kappa shape index (κ2) is 7.41. The van der Waals surface area contributed by atoms with Crippen LogP contribution in [0.25, 0.3) is 0 Å². The molecule has 33 heavy (non-hydrogen) atoms. The van der Waals surface area contributed by atoms with E-state index in [2.05, 4.69) is 5.16 Å². The molecule has 2 heterocycles. The van der Waals surface area contributed by atoms with Crippen molar-refractivity contribution in [2.45, 2.75) is 36.7 Å². The lowest BCUT2D eigenvalue weighted by Gasteiger charge is -2.45. The first-order chi connectivity index (χ1) is 15.5. The number of oxime groups is 1. The van der Waals surface area contributed by atoms with Crippen LogP contribution in [-0.2, 0) is 20.9 Å². The van der Waals surface area contributed by atoms with E-state index in [0.29, 0.717) is 11.1 Å². The normalized spacial score (nSPS) is 24.2. The van der Waals surface area contributed by atoms with Crippen LogP contribution >= 0.6 is 11.6 Å². The number of carbonyl (C=O) groups is 1. The highest BCUT2D eigenvalue weighted by Crippen LogP contribution is 2.49. The largest absolute Gasteiger partial charge is 0.435 e. The van der Waals surface area contributed by atoms with E-state index in [4.69, 9.17) is 16.4 Å². The average molecular weight is 485 g/mol. The number of alkyl halides is 4. The Morgan fingerprint density at radius 2 is 1.76 bits per heavy atom. The van der Waals surface area contributed by atoms with Gasteiger partial charge < -0.3 is 9.74 Å². The van der Waals surface area contributed by atoms with Gasteiger partial charge >= 0.3 is 6.18 Å². The molecule has 4 nitrogen and oxygen atoms in total. The Morgan fingerprint density at radius 3 is 2.33 bits per heavy atom. The average Bonchev–Trinajstić information content (AvgIpc) is 3.47. The number of amides is 1. The number of nitrogens with zero attached hydrogens (tertiary/aromatic N) is 2. The second-order valence-electron chi connectivity index (χ2n) is 8.80. The molecule has 0 aromatic heterocycles. The van der Waals surface area contributed by atoms with Crippen molar-refractivity contribution in [3.8, 4) is 0 Å². The van der Waals surface area contributed by atoms with Gasteiger partial charge in [0.2, 0.25) is 5.91 Å². The molecule has 2 aliphatic heterocycles. The van der Waals surface area contributed by atoms with E-state index in [0.717, 1.165) is 31.0 Å². The summed E-state index contributed by atoms with van der Waals surface area (Å²) in [6.45, 7) is -0.0769. The Bertz CT molecular complexity index is 1120. The zero-order chi connectivity index (χ0) is 23.6. The van der Waals surface area contributed by atoms with Crippen molar-refractivity contribution in [2.75, 3.05) is 13.1 Å². The van der Waals surface area contributed by atoms with Gasteiger partial charge in [-0.15, -0.1) is 0 Å². The highest BCUT2D eigenvalue weighted by molar-refractivity contribution is 6.30. The van der Waals surface area contributed by atoms with Gasteiger partial charge in [-0.25, -0.2) is 8.78 Å². The molecule has 1 unspecified atom stereocenters. The molecule has 1 atom stereocenters. The Balaban J connectivity index is 1.35. The van der Waals surface area contributed by atoms with Gasteiger partial charge in [0.05, 0.1) is 18.8 Å². The number of rotatable bonds is 4. The van der Waals surface area contributed by atoms with Gasteiger partial charge in [-0.05, 0) is 42.2 Å². The first kappa shape index (κ1) is 22.1. The van der Waals surface area contributed by atoms with E-state index in [1.807, 2.05) is 0 Å². The van der Waals surface area contributed by atoms with Crippen molar-refractivity contribution < 1.29 is 31.6 Å². The SMILES string of the molecule is O=C(C1CC1)N1CC(F)(c2ccc(C3=NOC(c4cc(F)cc(Cl)c4)(C(F)(F)F)C3)cc2)C1. The van der Waals surface area contributed by atoms with E-state index in [9.17, 15) is 22.4 Å². The summed E-state index contributed by atoms with van der Waals surface area (Å²) in [5.41, 5.74) is -4.42. The number of benzene rings is 2. The predicted molar refractivity (Wildman–Crippen MR) is 110 cm³/mol. The third-order valence-electron chi connectivity index (χ3n) is 6.37. The van der Waals surface area contributed by atoms with Crippen LogP contribution in [0.1, 0.15) is 36.0 Å². The van der Waals surface area contributed by atoms with Gasteiger partial charge in [-0.2, -0.15) is 13.2 Å². The predicted octanol–water partition coefficient (Wildman–Crippen LogP) is 5.48. The molecular formula is C23H18ClF5N2O2. The maximum atomic E-state index is 15.2. The molecule has 1 aliphatic carbocycles. The van der Waals surface area contributed by atoms with Crippen LogP contribution in [-0.4, -0.2) is 35.8 Å². The summed E-state index contributed by atoms with van der Waals surface area (Å²) in [6, 6.07) is 8.51. The smallest absolute Gasteiger partial charge is 0.374 e. The first-order valence-electron chi connectivity index (χ1n) is 10.4. The molecule has 2 aromatic rings. The lowest BCUT2D eigenvalue weighted by molar-refractivity contribution is -0.275.